The molecule has 0 spiro atoms. The summed E-state index contributed by atoms with van der Waals surface area (Å²) in [4.78, 5) is 13.0. The summed E-state index contributed by atoms with van der Waals surface area (Å²) in [6.07, 6.45) is 5.06. The fraction of sp³-hybridized carbons (Fsp3) is 0. The number of pyridine rings is 1. The molecule has 0 atom stereocenters. The molecule has 0 unspecified atom stereocenters. The van der Waals surface area contributed by atoms with Gasteiger partial charge in [0.25, 0.3) is 0 Å². The van der Waals surface area contributed by atoms with Gasteiger partial charge in [-0.25, -0.2) is 4.98 Å². The maximum absolute atomic E-state index is 10.2. The number of aliphatic imine (C=N–C) groups is 1. The maximum atomic E-state index is 10.2. The molecule has 0 bridgehead atoms. The lowest BCUT2D eigenvalue weighted by atomic mass is 10.2. The lowest BCUT2D eigenvalue weighted by Crippen LogP contribution is -1.87. The Bertz CT molecular complexity index is 1120. The Morgan fingerprint density at radius 1 is 1.04 bits per heavy atom. The highest BCUT2D eigenvalue weighted by molar-refractivity contribution is 14.1. The molecule has 0 amide bonds. The summed E-state index contributed by atoms with van der Waals surface area (Å²) < 4.78 is 7.63. The fourth-order valence-electron chi connectivity index (χ4n) is 2.44. The topological polar surface area (TPSA) is 71.5 Å². The van der Waals surface area contributed by atoms with Crippen LogP contribution in [0.2, 0.25) is 0 Å². The van der Waals surface area contributed by atoms with Crippen molar-refractivity contribution in [1.29, 1.82) is 0 Å². The highest BCUT2D eigenvalue weighted by atomic mass is 127. The second-order valence-corrected chi connectivity index (χ2v) is 7.90. The molecule has 2 aromatic heterocycles. The number of hydrogen-bond acceptors (Lipinski definition) is 5. The highest BCUT2D eigenvalue weighted by Crippen LogP contribution is 2.28. The van der Waals surface area contributed by atoms with Gasteiger partial charge in [0.2, 0.25) is 5.89 Å². The number of phenols is 1. The predicted molar refractivity (Wildman–Crippen MR) is 118 cm³/mol. The second kappa shape index (κ2) is 7.31. The normalized spacial score (nSPS) is 11.5. The van der Waals surface area contributed by atoms with E-state index in [1.54, 1.807) is 18.6 Å². The molecule has 7 heteroatoms. The third-order valence-electron chi connectivity index (χ3n) is 3.71. The molecule has 0 saturated carbocycles. The van der Waals surface area contributed by atoms with E-state index in [2.05, 4.69) is 60.1 Å². The van der Waals surface area contributed by atoms with Gasteiger partial charge in [-0.15, -0.1) is 0 Å². The van der Waals surface area contributed by atoms with Crippen molar-refractivity contribution in [3.05, 3.63) is 67.6 Å². The average Bonchev–Trinajstić information content (AvgIpc) is 3.07. The van der Waals surface area contributed by atoms with Crippen molar-refractivity contribution in [2.24, 2.45) is 4.99 Å². The number of nitrogens with zero attached hydrogens (tertiary/aromatic N) is 3. The van der Waals surface area contributed by atoms with Gasteiger partial charge in [0.1, 0.15) is 11.3 Å². The average molecular weight is 567 g/mol. The van der Waals surface area contributed by atoms with Gasteiger partial charge in [-0.1, -0.05) is 0 Å². The van der Waals surface area contributed by atoms with Crippen LogP contribution >= 0.6 is 45.2 Å². The SMILES string of the molecule is Oc1c(I)cc(I)cc1C=Nc1ccc2oc(-c3ccncc3)nc2c1. The number of aromatic nitrogens is 2. The first-order chi connectivity index (χ1) is 12.6. The van der Waals surface area contributed by atoms with Crippen molar-refractivity contribution < 1.29 is 9.52 Å². The van der Waals surface area contributed by atoms with Crippen molar-refractivity contribution in [2.45, 2.75) is 0 Å². The first-order valence-corrected chi connectivity index (χ1v) is 9.79. The van der Waals surface area contributed by atoms with E-state index < -0.39 is 0 Å². The smallest absolute Gasteiger partial charge is 0.227 e. The van der Waals surface area contributed by atoms with Crippen LogP contribution in [-0.4, -0.2) is 21.3 Å². The molecule has 26 heavy (non-hydrogen) atoms. The molecule has 0 radical (unpaired) electrons. The Kier molecular flexibility index (Phi) is 4.90. The van der Waals surface area contributed by atoms with Crippen molar-refractivity contribution >= 4 is 68.2 Å². The number of aromatic hydroxyl groups is 1. The Morgan fingerprint density at radius 3 is 2.65 bits per heavy atom. The molecule has 2 heterocycles. The van der Waals surface area contributed by atoms with Crippen molar-refractivity contribution in [2.75, 3.05) is 0 Å². The van der Waals surface area contributed by atoms with E-state index in [9.17, 15) is 5.11 Å². The van der Waals surface area contributed by atoms with Crippen LogP contribution < -0.4 is 0 Å². The van der Waals surface area contributed by atoms with Gasteiger partial charge in [0, 0.05) is 33.3 Å². The number of hydrogen-bond donors (Lipinski definition) is 1. The lowest BCUT2D eigenvalue weighted by molar-refractivity contribution is 0.470. The Morgan fingerprint density at radius 2 is 1.85 bits per heavy atom. The molecule has 0 aliphatic heterocycles. The molecular formula is C19H11I2N3O2. The molecule has 4 aromatic rings. The molecule has 0 saturated heterocycles. The minimum atomic E-state index is 0.234. The molecule has 0 aliphatic rings. The maximum Gasteiger partial charge on any atom is 0.227 e. The number of benzene rings is 2. The number of phenolic OH excluding ortho intramolecular Hbond substituents is 1. The van der Waals surface area contributed by atoms with E-state index in [0.29, 0.717) is 17.0 Å². The van der Waals surface area contributed by atoms with Gasteiger partial charge < -0.3 is 9.52 Å². The van der Waals surface area contributed by atoms with Crippen LogP contribution in [0.25, 0.3) is 22.6 Å². The van der Waals surface area contributed by atoms with E-state index in [1.165, 1.54) is 0 Å². The molecule has 2 aromatic carbocycles. The van der Waals surface area contributed by atoms with Gasteiger partial charge >= 0.3 is 0 Å². The van der Waals surface area contributed by atoms with Gasteiger partial charge in [0.05, 0.1) is 9.26 Å². The van der Waals surface area contributed by atoms with E-state index >= 15 is 0 Å². The Hall–Kier alpha value is -2.01. The van der Waals surface area contributed by atoms with E-state index in [-0.39, 0.29) is 5.75 Å². The van der Waals surface area contributed by atoms with Crippen LogP contribution in [0, 0.1) is 7.14 Å². The van der Waals surface area contributed by atoms with E-state index in [0.717, 1.165) is 23.9 Å². The Balaban J connectivity index is 1.68. The summed E-state index contributed by atoms with van der Waals surface area (Å²) >= 11 is 4.32. The molecular weight excluding hydrogens is 556 g/mol. The summed E-state index contributed by atoms with van der Waals surface area (Å²) in [7, 11) is 0. The summed E-state index contributed by atoms with van der Waals surface area (Å²) in [5.74, 6) is 0.783. The van der Waals surface area contributed by atoms with E-state index in [4.69, 9.17) is 4.42 Å². The monoisotopic (exact) mass is 567 g/mol. The predicted octanol–water partition coefficient (Wildman–Crippen LogP) is 5.56. The Labute approximate surface area is 176 Å². The minimum Gasteiger partial charge on any atom is -0.506 e. The van der Waals surface area contributed by atoms with Crippen LogP contribution in [0.1, 0.15) is 5.56 Å². The third kappa shape index (κ3) is 3.58. The zero-order valence-electron chi connectivity index (χ0n) is 13.2. The van der Waals surface area contributed by atoms with Crippen LogP contribution in [0.3, 0.4) is 0 Å². The first-order valence-electron chi connectivity index (χ1n) is 7.63. The largest absolute Gasteiger partial charge is 0.506 e. The lowest BCUT2D eigenvalue weighted by Gasteiger charge is -2.02. The molecule has 4 rings (SSSR count). The van der Waals surface area contributed by atoms with Crippen molar-refractivity contribution in [3.63, 3.8) is 0 Å². The zero-order chi connectivity index (χ0) is 18.1. The molecule has 5 nitrogen and oxygen atoms in total. The van der Waals surface area contributed by atoms with Crippen LogP contribution in [0.5, 0.6) is 5.75 Å². The standard InChI is InChI=1S/C19H11I2N3O2/c20-13-7-12(18(25)15(21)8-13)10-23-14-1-2-17-16(9-14)24-19(26-17)11-3-5-22-6-4-11/h1-10,25H. The van der Waals surface area contributed by atoms with Crippen molar-refractivity contribution in [3.8, 4) is 17.2 Å². The molecule has 128 valence electrons. The third-order valence-corrected chi connectivity index (χ3v) is 5.15. The van der Waals surface area contributed by atoms with E-state index in [1.807, 2.05) is 42.5 Å². The quantitative estimate of drug-likeness (QED) is 0.260. The molecule has 0 fully saturated rings. The van der Waals surface area contributed by atoms with Crippen LogP contribution in [0.4, 0.5) is 5.69 Å². The summed E-state index contributed by atoms with van der Waals surface area (Å²) in [6.45, 7) is 0. The van der Waals surface area contributed by atoms with Crippen molar-refractivity contribution in [1.82, 2.24) is 9.97 Å². The van der Waals surface area contributed by atoms with Gasteiger partial charge in [-0.2, -0.15) is 0 Å². The van der Waals surface area contributed by atoms with Gasteiger partial charge in [0.15, 0.2) is 5.58 Å². The van der Waals surface area contributed by atoms with Crippen LogP contribution in [-0.2, 0) is 0 Å². The van der Waals surface area contributed by atoms with Gasteiger partial charge in [-0.05, 0) is 87.6 Å². The molecule has 0 aliphatic carbocycles. The number of fused-ring (bicyclic) bond motifs is 1. The summed E-state index contributed by atoms with van der Waals surface area (Å²) in [6, 6.07) is 13.1. The fourth-order valence-corrected chi connectivity index (χ4v) is 4.33. The second-order valence-electron chi connectivity index (χ2n) is 5.49. The number of oxazole rings is 1. The number of halogens is 2. The first kappa shape index (κ1) is 17.4. The molecule has 1 N–H and O–H groups in total. The highest BCUT2D eigenvalue weighted by Gasteiger charge is 2.09. The minimum absolute atomic E-state index is 0.234. The zero-order valence-corrected chi connectivity index (χ0v) is 17.5. The van der Waals surface area contributed by atoms with Gasteiger partial charge in [-0.3, -0.25) is 9.98 Å². The van der Waals surface area contributed by atoms with Crippen LogP contribution in [0.15, 0.2) is 64.3 Å². The number of rotatable bonds is 3. The summed E-state index contributed by atoms with van der Waals surface area (Å²) in [5, 5.41) is 10.2. The summed E-state index contributed by atoms with van der Waals surface area (Å²) in [5.41, 5.74) is 3.72.